The Kier molecular flexibility index (Phi) is 7.24. The summed E-state index contributed by atoms with van der Waals surface area (Å²) >= 11 is 1.15. The van der Waals surface area contributed by atoms with Gasteiger partial charge >= 0.3 is 12.3 Å². The Balaban J connectivity index is 0.00000324. The minimum Gasteiger partial charge on any atom is -0.344 e. The first-order chi connectivity index (χ1) is 8.36. The van der Waals surface area contributed by atoms with Crippen LogP contribution in [0.4, 0.5) is 17.6 Å². The average Bonchev–Trinajstić information content (AvgIpc) is 2.75. The van der Waals surface area contributed by atoms with Crippen LogP contribution in [0.2, 0.25) is 0 Å². The molecule has 0 saturated carbocycles. The number of hydrogen-bond acceptors (Lipinski definition) is 4. The predicted molar refractivity (Wildman–Crippen MR) is 65.4 cm³/mol. The fraction of sp³-hybridized carbons (Fsp3) is 0.556. The van der Waals surface area contributed by atoms with E-state index in [2.05, 4.69) is 4.98 Å². The van der Waals surface area contributed by atoms with Crippen molar-refractivity contribution in [2.75, 3.05) is 13.1 Å². The standard InChI is InChI=1S/C9H11F4N3OS.ClH/c10-8(11)9(12,13)4-15-7(17)5-3-18-6(16-5)1-2-14;/h3,8H,1-2,4,14H2,(H,15,17);1H. The third-order valence-corrected chi connectivity index (χ3v) is 2.86. The molecule has 1 aromatic rings. The number of nitrogens with one attached hydrogen (secondary N) is 1. The molecule has 0 spiro atoms. The number of amides is 1. The van der Waals surface area contributed by atoms with E-state index in [-0.39, 0.29) is 18.1 Å². The van der Waals surface area contributed by atoms with Gasteiger partial charge in [0.25, 0.3) is 5.91 Å². The van der Waals surface area contributed by atoms with Crippen LogP contribution in [0.1, 0.15) is 15.5 Å². The number of thiazole rings is 1. The number of nitrogens with two attached hydrogens (primary N) is 1. The van der Waals surface area contributed by atoms with Gasteiger partial charge in [0.05, 0.1) is 11.6 Å². The van der Waals surface area contributed by atoms with Crippen molar-refractivity contribution in [2.45, 2.75) is 18.8 Å². The highest BCUT2D eigenvalue weighted by Gasteiger charge is 2.40. The van der Waals surface area contributed by atoms with Crippen LogP contribution in [0.15, 0.2) is 5.38 Å². The first kappa shape index (κ1) is 18.1. The predicted octanol–water partition coefficient (Wildman–Crippen LogP) is 1.70. The molecular weight excluding hydrogens is 310 g/mol. The van der Waals surface area contributed by atoms with E-state index >= 15 is 0 Å². The molecule has 0 unspecified atom stereocenters. The number of aromatic nitrogens is 1. The maximum Gasteiger partial charge on any atom is 0.324 e. The van der Waals surface area contributed by atoms with E-state index in [1.807, 2.05) is 0 Å². The molecule has 0 radical (unpaired) electrons. The Bertz CT molecular complexity index is 416. The summed E-state index contributed by atoms with van der Waals surface area (Å²) in [5, 5.41) is 3.67. The fourth-order valence-electron chi connectivity index (χ4n) is 1.02. The maximum atomic E-state index is 12.5. The summed E-state index contributed by atoms with van der Waals surface area (Å²) in [6.07, 6.45) is -3.36. The number of carbonyl (C=O) groups excluding carboxylic acids is 1. The quantitative estimate of drug-likeness (QED) is 0.784. The van der Waals surface area contributed by atoms with Crippen molar-refractivity contribution in [2.24, 2.45) is 5.73 Å². The van der Waals surface area contributed by atoms with Crippen LogP contribution in [0.25, 0.3) is 0 Å². The lowest BCUT2D eigenvalue weighted by Crippen LogP contribution is -2.41. The summed E-state index contributed by atoms with van der Waals surface area (Å²) in [7, 11) is 0. The summed E-state index contributed by atoms with van der Waals surface area (Å²) in [5.41, 5.74) is 5.20. The molecule has 3 N–H and O–H groups in total. The SMILES string of the molecule is Cl.NCCc1nc(C(=O)NCC(F)(F)C(F)F)cs1. The number of rotatable bonds is 6. The van der Waals surface area contributed by atoms with Gasteiger partial charge in [0, 0.05) is 11.8 Å². The monoisotopic (exact) mass is 321 g/mol. The van der Waals surface area contributed by atoms with E-state index in [4.69, 9.17) is 5.73 Å². The van der Waals surface area contributed by atoms with Crippen LogP contribution in [0.5, 0.6) is 0 Å². The first-order valence-corrected chi connectivity index (χ1v) is 5.83. The highest BCUT2D eigenvalue weighted by Crippen LogP contribution is 2.21. The third kappa shape index (κ3) is 5.29. The zero-order valence-electron chi connectivity index (χ0n) is 9.54. The second-order valence-electron chi connectivity index (χ2n) is 3.41. The van der Waals surface area contributed by atoms with Gasteiger partial charge in [-0.3, -0.25) is 4.79 Å². The van der Waals surface area contributed by atoms with Crippen LogP contribution < -0.4 is 11.1 Å². The van der Waals surface area contributed by atoms with Crippen molar-refractivity contribution in [3.63, 3.8) is 0 Å². The molecule has 1 rings (SSSR count). The molecule has 0 atom stereocenters. The third-order valence-electron chi connectivity index (χ3n) is 1.95. The molecular formula is C9H12ClF4N3OS. The van der Waals surface area contributed by atoms with Gasteiger partial charge in [-0.15, -0.1) is 23.7 Å². The second kappa shape index (κ2) is 7.61. The number of alkyl halides is 4. The molecule has 19 heavy (non-hydrogen) atoms. The Morgan fingerprint density at radius 2 is 2.16 bits per heavy atom. The minimum absolute atomic E-state index is 0. The van der Waals surface area contributed by atoms with Crippen molar-refractivity contribution < 1.29 is 22.4 Å². The fourth-order valence-corrected chi connectivity index (χ4v) is 1.81. The Labute approximate surface area is 116 Å². The van der Waals surface area contributed by atoms with Crippen LogP contribution in [0, 0.1) is 0 Å². The molecule has 1 aromatic heterocycles. The van der Waals surface area contributed by atoms with Gasteiger partial charge in [0.15, 0.2) is 0 Å². The molecule has 4 nitrogen and oxygen atoms in total. The smallest absolute Gasteiger partial charge is 0.324 e. The van der Waals surface area contributed by atoms with Gasteiger partial charge in [-0.25, -0.2) is 13.8 Å². The summed E-state index contributed by atoms with van der Waals surface area (Å²) < 4.78 is 48.8. The van der Waals surface area contributed by atoms with Gasteiger partial charge in [0.2, 0.25) is 0 Å². The molecule has 1 amide bonds. The Hall–Kier alpha value is -0.930. The molecule has 110 valence electrons. The van der Waals surface area contributed by atoms with Crippen molar-refractivity contribution in [3.05, 3.63) is 16.1 Å². The summed E-state index contributed by atoms with van der Waals surface area (Å²) in [6, 6.07) is 0. The van der Waals surface area contributed by atoms with Crippen LogP contribution in [-0.4, -0.2) is 36.3 Å². The molecule has 1 heterocycles. The molecule has 0 bridgehead atoms. The largest absolute Gasteiger partial charge is 0.344 e. The van der Waals surface area contributed by atoms with Crippen molar-refractivity contribution >= 4 is 29.7 Å². The van der Waals surface area contributed by atoms with E-state index < -0.39 is 24.8 Å². The van der Waals surface area contributed by atoms with E-state index in [1.165, 1.54) is 5.38 Å². The number of carbonyl (C=O) groups is 1. The zero-order chi connectivity index (χ0) is 13.8. The van der Waals surface area contributed by atoms with Gasteiger partial charge < -0.3 is 11.1 Å². The van der Waals surface area contributed by atoms with Crippen molar-refractivity contribution in [3.8, 4) is 0 Å². The van der Waals surface area contributed by atoms with Crippen LogP contribution in [-0.2, 0) is 6.42 Å². The van der Waals surface area contributed by atoms with Gasteiger partial charge in [0.1, 0.15) is 5.69 Å². The number of nitrogens with zero attached hydrogens (tertiary/aromatic N) is 1. The van der Waals surface area contributed by atoms with E-state index in [1.54, 1.807) is 5.32 Å². The van der Waals surface area contributed by atoms with E-state index in [0.717, 1.165) is 11.3 Å². The normalized spacial score (nSPS) is 11.3. The molecule has 0 aliphatic rings. The molecule has 0 aliphatic carbocycles. The topological polar surface area (TPSA) is 68.0 Å². The molecule has 0 saturated heterocycles. The molecule has 10 heteroatoms. The van der Waals surface area contributed by atoms with Crippen molar-refractivity contribution in [1.82, 2.24) is 10.3 Å². The first-order valence-electron chi connectivity index (χ1n) is 4.95. The van der Waals surface area contributed by atoms with E-state index in [9.17, 15) is 22.4 Å². The van der Waals surface area contributed by atoms with Crippen LogP contribution >= 0.6 is 23.7 Å². The lowest BCUT2D eigenvalue weighted by Gasteiger charge is -2.15. The lowest BCUT2D eigenvalue weighted by atomic mass is 10.3. The second-order valence-corrected chi connectivity index (χ2v) is 4.35. The Morgan fingerprint density at radius 1 is 1.53 bits per heavy atom. The number of hydrogen-bond donors (Lipinski definition) is 2. The number of halogens is 5. The van der Waals surface area contributed by atoms with Gasteiger partial charge in [-0.05, 0) is 6.54 Å². The molecule has 0 fully saturated rings. The summed E-state index contributed by atoms with van der Waals surface area (Å²) in [5.74, 6) is -5.15. The molecule has 0 aliphatic heterocycles. The highest BCUT2D eigenvalue weighted by atomic mass is 35.5. The average molecular weight is 322 g/mol. The highest BCUT2D eigenvalue weighted by molar-refractivity contribution is 7.09. The molecule has 0 aromatic carbocycles. The van der Waals surface area contributed by atoms with Gasteiger partial charge in [-0.2, -0.15) is 8.78 Å². The maximum absolute atomic E-state index is 12.5. The van der Waals surface area contributed by atoms with E-state index in [0.29, 0.717) is 18.0 Å². The lowest BCUT2D eigenvalue weighted by molar-refractivity contribution is -0.123. The zero-order valence-corrected chi connectivity index (χ0v) is 11.2. The van der Waals surface area contributed by atoms with Crippen molar-refractivity contribution in [1.29, 1.82) is 0 Å². The Morgan fingerprint density at radius 3 is 2.68 bits per heavy atom. The van der Waals surface area contributed by atoms with Gasteiger partial charge in [-0.1, -0.05) is 0 Å². The summed E-state index contributed by atoms with van der Waals surface area (Å²) in [4.78, 5) is 15.2. The summed E-state index contributed by atoms with van der Waals surface area (Å²) in [6.45, 7) is -1.08. The minimum atomic E-state index is -4.24. The van der Waals surface area contributed by atoms with Crippen LogP contribution in [0.3, 0.4) is 0 Å².